The summed E-state index contributed by atoms with van der Waals surface area (Å²) in [6.07, 6.45) is 6.17. The van der Waals surface area contributed by atoms with Gasteiger partial charge in [0.2, 0.25) is 5.82 Å². The standard InChI is InChI=1S/C17H22N6OS/c24-17(19-13-2-1-3-13)16-21-20-14-6-11-7-22(8-12(11)9-23(14)16)10-15-18-4-5-25-15/h4-5,11-13H,1-3,6-10H2,(H,19,24)/t11-,12+/m0/s1. The van der Waals surface area contributed by atoms with Gasteiger partial charge in [0, 0.05) is 43.7 Å². The monoisotopic (exact) mass is 358 g/mol. The molecule has 2 aromatic heterocycles. The van der Waals surface area contributed by atoms with Crippen molar-refractivity contribution in [1.29, 1.82) is 0 Å². The van der Waals surface area contributed by atoms with Crippen molar-refractivity contribution in [3.63, 3.8) is 0 Å². The van der Waals surface area contributed by atoms with Crippen LogP contribution >= 0.6 is 11.3 Å². The Morgan fingerprint density at radius 3 is 2.88 bits per heavy atom. The molecular weight excluding hydrogens is 336 g/mol. The average molecular weight is 358 g/mol. The van der Waals surface area contributed by atoms with Crippen molar-refractivity contribution in [2.24, 2.45) is 11.8 Å². The van der Waals surface area contributed by atoms with E-state index in [0.29, 0.717) is 23.7 Å². The first-order valence-corrected chi connectivity index (χ1v) is 9.98. The van der Waals surface area contributed by atoms with Gasteiger partial charge in [0.05, 0.1) is 6.54 Å². The third-order valence-electron chi connectivity index (χ3n) is 5.83. The number of rotatable bonds is 4. The molecular formula is C17H22N6OS. The molecule has 3 aliphatic rings. The maximum Gasteiger partial charge on any atom is 0.289 e. The van der Waals surface area contributed by atoms with Gasteiger partial charge in [-0.3, -0.25) is 9.69 Å². The highest BCUT2D eigenvalue weighted by atomic mass is 32.1. The van der Waals surface area contributed by atoms with Gasteiger partial charge in [-0.1, -0.05) is 0 Å². The smallest absolute Gasteiger partial charge is 0.289 e. The average Bonchev–Trinajstić information content (AvgIpc) is 3.27. The lowest BCUT2D eigenvalue weighted by Crippen LogP contribution is -2.41. The van der Waals surface area contributed by atoms with E-state index < -0.39 is 0 Å². The van der Waals surface area contributed by atoms with Crippen LogP contribution in [0.2, 0.25) is 0 Å². The van der Waals surface area contributed by atoms with Crippen molar-refractivity contribution < 1.29 is 4.79 Å². The minimum Gasteiger partial charge on any atom is -0.347 e. The van der Waals surface area contributed by atoms with E-state index >= 15 is 0 Å². The number of carbonyl (C=O) groups is 1. The Bertz CT molecular complexity index is 768. The van der Waals surface area contributed by atoms with E-state index in [1.807, 2.05) is 11.6 Å². The molecule has 2 aliphatic heterocycles. The Hall–Kier alpha value is -1.80. The lowest BCUT2D eigenvalue weighted by molar-refractivity contribution is 0.0898. The van der Waals surface area contributed by atoms with Crippen LogP contribution in [0.3, 0.4) is 0 Å². The molecule has 0 radical (unpaired) electrons. The molecule has 1 N–H and O–H groups in total. The van der Waals surface area contributed by atoms with E-state index in [9.17, 15) is 4.79 Å². The van der Waals surface area contributed by atoms with Crippen LogP contribution in [-0.2, 0) is 19.5 Å². The Balaban J connectivity index is 1.28. The lowest BCUT2D eigenvalue weighted by atomic mass is 9.89. The molecule has 0 spiro atoms. The molecule has 2 atom stereocenters. The first-order chi connectivity index (χ1) is 12.3. The summed E-state index contributed by atoms with van der Waals surface area (Å²) < 4.78 is 2.06. The fraction of sp³-hybridized carbons (Fsp3) is 0.647. The van der Waals surface area contributed by atoms with E-state index in [0.717, 1.165) is 51.3 Å². The molecule has 1 saturated carbocycles. The highest BCUT2D eigenvalue weighted by molar-refractivity contribution is 7.09. The molecule has 1 amide bonds. The van der Waals surface area contributed by atoms with Crippen LogP contribution in [-0.4, -0.2) is 49.7 Å². The van der Waals surface area contributed by atoms with Crippen molar-refractivity contribution in [3.05, 3.63) is 28.2 Å². The van der Waals surface area contributed by atoms with Gasteiger partial charge in [0.25, 0.3) is 5.91 Å². The molecule has 0 aromatic carbocycles. The van der Waals surface area contributed by atoms with Crippen LogP contribution < -0.4 is 5.32 Å². The molecule has 0 bridgehead atoms. The highest BCUT2D eigenvalue weighted by Crippen LogP contribution is 2.33. The number of fused-ring (bicyclic) bond motifs is 2. The summed E-state index contributed by atoms with van der Waals surface area (Å²) in [5, 5.41) is 14.8. The van der Waals surface area contributed by atoms with Crippen LogP contribution in [0, 0.1) is 11.8 Å². The van der Waals surface area contributed by atoms with Crippen molar-refractivity contribution in [3.8, 4) is 0 Å². The molecule has 132 valence electrons. The van der Waals surface area contributed by atoms with Crippen LogP contribution in [0.15, 0.2) is 11.6 Å². The fourth-order valence-corrected chi connectivity index (χ4v) is 4.90. The second kappa shape index (κ2) is 6.17. The van der Waals surface area contributed by atoms with Gasteiger partial charge in [0.1, 0.15) is 10.8 Å². The van der Waals surface area contributed by atoms with Crippen LogP contribution in [0.5, 0.6) is 0 Å². The molecule has 2 aromatic rings. The molecule has 0 unspecified atom stereocenters. The number of amides is 1. The largest absolute Gasteiger partial charge is 0.347 e. The number of aromatic nitrogens is 4. The van der Waals surface area contributed by atoms with Gasteiger partial charge in [-0.15, -0.1) is 21.5 Å². The van der Waals surface area contributed by atoms with Gasteiger partial charge in [-0.25, -0.2) is 4.98 Å². The van der Waals surface area contributed by atoms with E-state index in [2.05, 4.69) is 30.0 Å². The molecule has 4 heterocycles. The summed E-state index contributed by atoms with van der Waals surface area (Å²) in [7, 11) is 0. The zero-order chi connectivity index (χ0) is 16.8. The predicted molar refractivity (Wildman–Crippen MR) is 93.2 cm³/mol. The highest BCUT2D eigenvalue weighted by Gasteiger charge is 2.39. The molecule has 7 nitrogen and oxygen atoms in total. The predicted octanol–water partition coefficient (Wildman–Crippen LogP) is 1.32. The Kier molecular flexibility index (Phi) is 3.82. The van der Waals surface area contributed by atoms with Crippen molar-refractivity contribution in [2.75, 3.05) is 13.1 Å². The van der Waals surface area contributed by atoms with Crippen LogP contribution in [0.25, 0.3) is 0 Å². The summed E-state index contributed by atoms with van der Waals surface area (Å²) in [6.45, 7) is 3.93. The first kappa shape index (κ1) is 15.5. The number of nitrogens with one attached hydrogen (secondary N) is 1. The van der Waals surface area contributed by atoms with Crippen molar-refractivity contribution in [1.82, 2.24) is 30.0 Å². The minimum atomic E-state index is -0.0560. The number of nitrogens with zero attached hydrogens (tertiary/aromatic N) is 5. The zero-order valence-electron chi connectivity index (χ0n) is 14.1. The molecule has 25 heavy (non-hydrogen) atoms. The number of thiazole rings is 1. The SMILES string of the molecule is O=C(NC1CCC1)c1nnc2n1C[C@H]1CN(Cc3nccs3)C[C@@H]1C2. The number of carbonyl (C=O) groups excluding carboxylic acids is 1. The number of likely N-dealkylation sites (tertiary alicyclic amines) is 1. The van der Waals surface area contributed by atoms with E-state index in [-0.39, 0.29) is 5.91 Å². The normalized spacial score (nSPS) is 26.1. The van der Waals surface area contributed by atoms with Gasteiger partial charge in [0.15, 0.2) is 0 Å². The minimum absolute atomic E-state index is 0.0560. The Morgan fingerprint density at radius 1 is 1.24 bits per heavy atom. The first-order valence-electron chi connectivity index (χ1n) is 9.10. The lowest BCUT2D eigenvalue weighted by Gasteiger charge is -2.28. The van der Waals surface area contributed by atoms with Crippen LogP contribution in [0.4, 0.5) is 0 Å². The topological polar surface area (TPSA) is 75.9 Å². The van der Waals surface area contributed by atoms with E-state index in [1.54, 1.807) is 11.3 Å². The zero-order valence-corrected chi connectivity index (χ0v) is 14.9. The maximum absolute atomic E-state index is 12.5. The summed E-state index contributed by atoms with van der Waals surface area (Å²) >= 11 is 1.72. The van der Waals surface area contributed by atoms with E-state index in [1.165, 1.54) is 11.4 Å². The fourth-order valence-electron chi connectivity index (χ4n) is 4.24. The maximum atomic E-state index is 12.5. The van der Waals surface area contributed by atoms with Gasteiger partial charge in [-0.2, -0.15) is 0 Å². The third kappa shape index (κ3) is 2.87. The summed E-state index contributed by atoms with van der Waals surface area (Å²) in [5.74, 6) is 2.59. The van der Waals surface area contributed by atoms with Crippen molar-refractivity contribution >= 4 is 17.2 Å². The second-order valence-corrected chi connectivity index (χ2v) is 8.48. The Labute approximate surface area is 150 Å². The number of hydrogen-bond acceptors (Lipinski definition) is 6. The van der Waals surface area contributed by atoms with Crippen molar-refractivity contribution in [2.45, 2.75) is 44.8 Å². The second-order valence-electron chi connectivity index (χ2n) is 7.50. The molecule has 2 fully saturated rings. The van der Waals surface area contributed by atoms with E-state index in [4.69, 9.17) is 0 Å². The summed E-state index contributed by atoms with van der Waals surface area (Å²) in [4.78, 5) is 19.4. The molecule has 1 saturated heterocycles. The van der Waals surface area contributed by atoms with Gasteiger partial charge >= 0.3 is 0 Å². The van der Waals surface area contributed by atoms with Gasteiger partial charge < -0.3 is 9.88 Å². The Morgan fingerprint density at radius 2 is 2.12 bits per heavy atom. The third-order valence-corrected chi connectivity index (χ3v) is 6.59. The molecule has 8 heteroatoms. The quantitative estimate of drug-likeness (QED) is 0.892. The summed E-state index contributed by atoms with van der Waals surface area (Å²) in [6, 6.07) is 0.331. The summed E-state index contributed by atoms with van der Waals surface area (Å²) in [5.41, 5.74) is 0. The van der Waals surface area contributed by atoms with Gasteiger partial charge in [-0.05, 0) is 31.1 Å². The van der Waals surface area contributed by atoms with Crippen LogP contribution in [0.1, 0.15) is 40.7 Å². The molecule has 5 rings (SSSR count). The molecule has 1 aliphatic carbocycles. The number of hydrogen-bond donors (Lipinski definition) is 1.